The van der Waals surface area contributed by atoms with Crippen LogP contribution in [-0.2, 0) is 19.3 Å². The van der Waals surface area contributed by atoms with Gasteiger partial charge in [-0.15, -0.1) is 0 Å². The van der Waals surface area contributed by atoms with Crippen LogP contribution in [0.25, 0.3) is 0 Å². The van der Waals surface area contributed by atoms with Gasteiger partial charge in [-0.2, -0.15) is 0 Å². The van der Waals surface area contributed by atoms with E-state index in [9.17, 15) is 18.6 Å². The first-order valence-electron chi connectivity index (χ1n) is 8.74. The van der Waals surface area contributed by atoms with Crippen LogP contribution in [0.1, 0.15) is 33.6 Å². The minimum atomic E-state index is -3.94. The maximum atomic E-state index is 13.1. The SMILES string of the molecule is CC(C)=CC(O)C(C(O)CCC1(C)OCCO1)S(=O)(=O)c1ccccc1. The Labute approximate surface area is 155 Å². The molecule has 3 unspecified atom stereocenters. The van der Waals surface area contributed by atoms with Crippen molar-refractivity contribution in [3.8, 4) is 0 Å². The summed E-state index contributed by atoms with van der Waals surface area (Å²) in [5, 5.41) is 19.8. The third-order valence-electron chi connectivity index (χ3n) is 4.44. The summed E-state index contributed by atoms with van der Waals surface area (Å²) in [6, 6.07) is 7.88. The van der Waals surface area contributed by atoms with Crippen LogP contribution in [0.3, 0.4) is 0 Å². The van der Waals surface area contributed by atoms with Crippen LogP contribution in [0.5, 0.6) is 0 Å². The second-order valence-corrected chi connectivity index (χ2v) is 9.10. The van der Waals surface area contributed by atoms with Crippen molar-refractivity contribution in [2.75, 3.05) is 13.2 Å². The van der Waals surface area contributed by atoms with E-state index in [0.717, 1.165) is 5.57 Å². The maximum absolute atomic E-state index is 13.1. The quantitative estimate of drug-likeness (QED) is 0.667. The number of allylic oxidation sites excluding steroid dienone is 1. The van der Waals surface area contributed by atoms with Gasteiger partial charge in [0.25, 0.3) is 0 Å². The lowest BCUT2D eigenvalue weighted by Gasteiger charge is -2.29. The predicted octanol–water partition coefficient (Wildman–Crippen LogP) is 2.06. The van der Waals surface area contributed by atoms with Gasteiger partial charge in [0, 0.05) is 6.42 Å². The molecule has 0 radical (unpaired) electrons. The van der Waals surface area contributed by atoms with Crippen LogP contribution < -0.4 is 0 Å². The standard InChI is InChI=1S/C19H28O6S/c1-14(2)13-17(21)18(26(22,23)15-7-5-4-6-8-15)16(20)9-10-19(3)24-11-12-25-19/h4-8,13,16-18,20-21H,9-12H2,1-3H3. The molecule has 2 rings (SSSR count). The van der Waals surface area contributed by atoms with E-state index in [4.69, 9.17) is 9.47 Å². The van der Waals surface area contributed by atoms with Crippen molar-refractivity contribution in [2.24, 2.45) is 0 Å². The molecule has 26 heavy (non-hydrogen) atoms. The summed E-state index contributed by atoms with van der Waals surface area (Å²) in [6.45, 7) is 6.24. The van der Waals surface area contributed by atoms with E-state index in [1.807, 2.05) is 0 Å². The maximum Gasteiger partial charge on any atom is 0.186 e. The lowest BCUT2D eigenvalue weighted by Crippen LogP contribution is -2.44. The number of hydrogen-bond acceptors (Lipinski definition) is 6. The molecular formula is C19H28O6S. The molecule has 1 saturated heterocycles. The zero-order valence-electron chi connectivity index (χ0n) is 15.5. The summed E-state index contributed by atoms with van der Waals surface area (Å²) in [7, 11) is -3.94. The highest BCUT2D eigenvalue weighted by atomic mass is 32.2. The lowest BCUT2D eigenvalue weighted by molar-refractivity contribution is -0.151. The summed E-state index contributed by atoms with van der Waals surface area (Å²) in [5.74, 6) is -0.830. The Bertz CT molecular complexity index is 703. The number of aliphatic hydroxyl groups is 2. The largest absolute Gasteiger partial charge is 0.392 e. The second kappa shape index (κ2) is 8.63. The Hall–Kier alpha value is -1.25. The minimum absolute atomic E-state index is 0.0739. The molecule has 0 bridgehead atoms. The molecule has 6 nitrogen and oxygen atoms in total. The molecule has 1 aliphatic heterocycles. The highest BCUT2D eigenvalue weighted by molar-refractivity contribution is 7.92. The molecule has 0 saturated carbocycles. The van der Waals surface area contributed by atoms with Gasteiger partial charge in [0.15, 0.2) is 15.6 Å². The summed E-state index contributed by atoms with van der Waals surface area (Å²) < 4.78 is 37.1. The topological polar surface area (TPSA) is 93.1 Å². The Kier molecular flexibility index (Phi) is 6.99. The zero-order chi connectivity index (χ0) is 19.4. The Balaban J connectivity index is 2.27. The normalized spacial score (nSPS) is 20.3. The number of aliphatic hydroxyl groups excluding tert-OH is 2. The summed E-state index contributed by atoms with van der Waals surface area (Å²) in [5.41, 5.74) is 0.771. The minimum Gasteiger partial charge on any atom is -0.392 e. The third kappa shape index (κ3) is 5.14. The first kappa shape index (κ1) is 21.1. The zero-order valence-corrected chi connectivity index (χ0v) is 16.3. The third-order valence-corrected chi connectivity index (χ3v) is 6.68. The van der Waals surface area contributed by atoms with Crippen molar-refractivity contribution in [1.82, 2.24) is 0 Å². The molecule has 0 aliphatic carbocycles. The molecule has 0 spiro atoms. The van der Waals surface area contributed by atoms with Gasteiger partial charge in [-0.3, -0.25) is 0 Å². The fraction of sp³-hybridized carbons (Fsp3) is 0.579. The highest BCUT2D eigenvalue weighted by Crippen LogP contribution is 2.29. The molecule has 1 heterocycles. The Morgan fingerprint density at radius 2 is 1.77 bits per heavy atom. The molecular weight excluding hydrogens is 356 g/mol. The molecule has 3 atom stereocenters. The molecule has 146 valence electrons. The van der Waals surface area contributed by atoms with Gasteiger partial charge in [0.05, 0.1) is 30.3 Å². The second-order valence-electron chi connectivity index (χ2n) is 6.99. The van der Waals surface area contributed by atoms with Crippen molar-refractivity contribution in [2.45, 2.75) is 61.8 Å². The number of sulfone groups is 1. The van der Waals surface area contributed by atoms with Crippen LogP contribution in [0, 0.1) is 0 Å². The average Bonchev–Trinajstić information content (AvgIpc) is 3.00. The summed E-state index contributed by atoms with van der Waals surface area (Å²) >= 11 is 0. The summed E-state index contributed by atoms with van der Waals surface area (Å²) in [6.07, 6.45) is -0.676. The van der Waals surface area contributed by atoms with E-state index in [1.165, 1.54) is 18.2 Å². The molecule has 2 N–H and O–H groups in total. The van der Waals surface area contributed by atoms with Gasteiger partial charge in [-0.05, 0) is 39.3 Å². The van der Waals surface area contributed by atoms with E-state index in [1.54, 1.807) is 39.0 Å². The van der Waals surface area contributed by atoms with Gasteiger partial charge < -0.3 is 19.7 Å². The fourth-order valence-electron chi connectivity index (χ4n) is 3.10. The number of benzene rings is 1. The fourth-order valence-corrected chi connectivity index (χ4v) is 4.94. The van der Waals surface area contributed by atoms with Crippen LogP contribution in [0.4, 0.5) is 0 Å². The number of ether oxygens (including phenoxy) is 2. The summed E-state index contributed by atoms with van der Waals surface area (Å²) in [4.78, 5) is 0.0739. The molecule has 1 aromatic rings. The van der Waals surface area contributed by atoms with Gasteiger partial charge >= 0.3 is 0 Å². The highest BCUT2D eigenvalue weighted by Gasteiger charge is 2.40. The molecule has 0 amide bonds. The molecule has 1 fully saturated rings. The number of rotatable bonds is 8. The number of hydrogen-bond donors (Lipinski definition) is 2. The van der Waals surface area contributed by atoms with Crippen molar-refractivity contribution in [1.29, 1.82) is 0 Å². The first-order valence-corrected chi connectivity index (χ1v) is 10.3. The molecule has 0 aromatic heterocycles. The monoisotopic (exact) mass is 384 g/mol. The van der Waals surface area contributed by atoms with Crippen LogP contribution in [0.15, 0.2) is 46.9 Å². The van der Waals surface area contributed by atoms with E-state index in [0.29, 0.717) is 19.6 Å². The smallest absolute Gasteiger partial charge is 0.186 e. The first-order chi connectivity index (χ1) is 12.2. The van der Waals surface area contributed by atoms with Crippen molar-refractivity contribution in [3.05, 3.63) is 42.0 Å². The van der Waals surface area contributed by atoms with E-state index in [2.05, 4.69) is 0 Å². The van der Waals surface area contributed by atoms with Crippen LogP contribution >= 0.6 is 0 Å². The Morgan fingerprint density at radius 3 is 2.31 bits per heavy atom. The molecule has 1 aromatic carbocycles. The molecule has 7 heteroatoms. The van der Waals surface area contributed by atoms with Crippen molar-refractivity contribution in [3.63, 3.8) is 0 Å². The van der Waals surface area contributed by atoms with Gasteiger partial charge in [-0.25, -0.2) is 8.42 Å². The lowest BCUT2D eigenvalue weighted by atomic mass is 10.0. The van der Waals surface area contributed by atoms with Crippen LogP contribution in [0.2, 0.25) is 0 Å². The van der Waals surface area contributed by atoms with Gasteiger partial charge in [-0.1, -0.05) is 29.8 Å². The van der Waals surface area contributed by atoms with E-state index >= 15 is 0 Å². The van der Waals surface area contributed by atoms with Crippen molar-refractivity contribution >= 4 is 9.84 Å². The molecule has 1 aliphatic rings. The van der Waals surface area contributed by atoms with E-state index < -0.39 is 33.1 Å². The predicted molar refractivity (Wildman–Crippen MR) is 98.4 cm³/mol. The van der Waals surface area contributed by atoms with Crippen molar-refractivity contribution < 1.29 is 28.1 Å². The van der Waals surface area contributed by atoms with Gasteiger partial charge in [0.1, 0.15) is 5.25 Å². The van der Waals surface area contributed by atoms with E-state index in [-0.39, 0.29) is 11.3 Å². The van der Waals surface area contributed by atoms with Gasteiger partial charge in [0.2, 0.25) is 0 Å². The van der Waals surface area contributed by atoms with Crippen LogP contribution in [-0.4, -0.2) is 55.1 Å². The Morgan fingerprint density at radius 1 is 1.19 bits per heavy atom. The average molecular weight is 384 g/mol.